The van der Waals surface area contributed by atoms with Gasteiger partial charge in [-0.3, -0.25) is 0 Å². The number of anilines is 3. The van der Waals surface area contributed by atoms with Crippen molar-refractivity contribution < 1.29 is 0 Å². The minimum atomic E-state index is 0.831. The molecule has 0 aliphatic carbocycles. The Labute approximate surface area is 135 Å². The minimum absolute atomic E-state index is 0.831. The van der Waals surface area contributed by atoms with E-state index in [-0.39, 0.29) is 0 Å². The maximum atomic E-state index is 4.36. The Morgan fingerprint density at radius 3 is 2.55 bits per heavy atom. The van der Waals surface area contributed by atoms with Crippen molar-refractivity contribution >= 4 is 49.2 Å². The summed E-state index contributed by atoms with van der Waals surface area (Å²) in [4.78, 5) is 8.66. The number of benzene rings is 1. The molecule has 0 bridgehead atoms. The normalized spacial score (nSPS) is 10.4. The first kappa shape index (κ1) is 15.3. The number of nitrogens with one attached hydrogen (secondary N) is 2. The van der Waals surface area contributed by atoms with E-state index >= 15 is 0 Å². The fraction of sp³-hybridized carbons (Fsp3) is 0.286. The van der Waals surface area contributed by atoms with E-state index < -0.39 is 0 Å². The lowest BCUT2D eigenvalue weighted by Gasteiger charge is -2.14. The van der Waals surface area contributed by atoms with Crippen molar-refractivity contribution in [3.05, 3.63) is 39.0 Å². The number of rotatable bonds is 5. The van der Waals surface area contributed by atoms with Gasteiger partial charge in [0.25, 0.3) is 0 Å². The molecule has 2 N–H and O–H groups in total. The van der Waals surface area contributed by atoms with E-state index in [9.17, 15) is 0 Å². The van der Waals surface area contributed by atoms with E-state index in [0.717, 1.165) is 44.8 Å². The van der Waals surface area contributed by atoms with Crippen LogP contribution in [-0.2, 0) is 6.42 Å². The van der Waals surface area contributed by atoms with Crippen LogP contribution in [0.4, 0.5) is 17.3 Å². The van der Waals surface area contributed by atoms with Crippen molar-refractivity contribution in [2.24, 2.45) is 0 Å². The van der Waals surface area contributed by atoms with Crippen LogP contribution in [0.25, 0.3) is 0 Å². The summed E-state index contributed by atoms with van der Waals surface area (Å²) in [5.41, 5.74) is 2.05. The molecule has 0 saturated heterocycles. The highest BCUT2D eigenvalue weighted by Crippen LogP contribution is 2.30. The molecule has 20 heavy (non-hydrogen) atoms. The standard InChI is InChI=1S/C14H16Br2N4/c1-3-10-13(17-4-2)18-8-19-14(10)20-12-7-9(15)5-6-11(12)16/h5-8H,3-4H2,1-2H3,(H2,17,18,19,20). The molecule has 1 aromatic carbocycles. The SMILES string of the molecule is CCNc1ncnc(Nc2cc(Br)ccc2Br)c1CC. The van der Waals surface area contributed by atoms with Gasteiger partial charge in [0.15, 0.2) is 0 Å². The van der Waals surface area contributed by atoms with E-state index in [2.05, 4.69) is 66.3 Å². The van der Waals surface area contributed by atoms with Gasteiger partial charge >= 0.3 is 0 Å². The van der Waals surface area contributed by atoms with Crippen LogP contribution in [-0.4, -0.2) is 16.5 Å². The first-order valence-corrected chi connectivity index (χ1v) is 8.04. The monoisotopic (exact) mass is 398 g/mol. The average molecular weight is 400 g/mol. The number of hydrogen-bond donors (Lipinski definition) is 2. The summed E-state index contributed by atoms with van der Waals surface area (Å²) in [7, 11) is 0. The van der Waals surface area contributed by atoms with Crippen molar-refractivity contribution in [1.82, 2.24) is 9.97 Å². The van der Waals surface area contributed by atoms with Crippen molar-refractivity contribution in [2.75, 3.05) is 17.2 Å². The Morgan fingerprint density at radius 1 is 1.10 bits per heavy atom. The van der Waals surface area contributed by atoms with Gasteiger partial charge in [0.2, 0.25) is 0 Å². The molecule has 1 aromatic heterocycles. The molecular formula is C14H16Br2N4. The third-order valence-electron chi connectivity index (χ3n) is 2.82. The summed E-state index contributed by atoms with van der Waals surface area (Å²) in [5, 5.41) is 6.63. The zero-order valence-corrected chi connectivity index (χ0v) is 14.5. The Hall–Kier alpha value is -1.14. The molecule has 0 spiro atoms. The average Bonchev–Trinajstić information content (AvgIpc) is 2.43. The molecule has 0 fully saturated rings. The third-order valence-corrected chi connectivity index (χ3v) is 4.01. The third kappa shape index (κ3) is 3.49. The molecule has 0 aliphatic heterocycles. The lowest BCUT2D eigenvalue weighted by atomic mass is 10.2. The van der Waals surface area contributed by atoms with E-state index in [1.165, 1.54) is 0 Å². The Balaban J connectivity index is 2.37. The summed E-state index contributed by atoms with van der Waals surface area (Å²) in [5.74, 6) is 1.72. The fourth-order valence-corrected chi connectivity index (χ4v) is 2.60. The minimum Gasteiger partial charge on any atom is -0.370 e. The summed E-state index contributed by atoms with van der Waals surface area (Å²) in [6.45, 7) is 4.99. The van der Waals surface area contributed by atoms with Crippen molar-refractivity contribution in [2.45, 2.75) is 20.3 Å². The molecule has 106 valence electrons. The van der Waals surface area contributed by atoms with Gasteiger partial charge in [0, 0.05) is 21.1 Å². The van der Waals surface area contributed by atoms with E-state index in [0.29, 0.717) is 0 Å². The number of nitrogens with zero attached hydrogens (tertiary/aromatic N) is 2. The Morgan fingerprint density at radius 2 is 1.85 bits per heavy atom. The molecule has 2 aromatic rings. The second-order valence-corrected chi connectivity index (χ2v) is 5.95. The molecule has 0 amide bonds. The van der Waals surface area contributed by atoms with Crippen molar-refractivity contribution in [3.8, 4) is 0 Å². The highest BCUT2D eigenvalue weighted by atomic mass is 79.9. The first-order chi connectivity index (χ1) is 9.65. The summed E-state index contributed by atoms with van der Waals surface area (Å²) in [6, 6.07) is 5.99. The molecule has 0 saturated carbocycles. The van der Waals surface area contributed by atoms with Crippen molar-refractivity contribution in [3.63, 3.8) is 0 Å². The zero-order chi connectivity index (χ0) is 14.5. The largest absolute Gasteiger partial charge is 0.370 e. The Bertz CT molecular complexity index is 602. The first-order valence-electron chi connectivity index (χ1n) is 6.45. The summed E-state index contributed by atoms with van der Waals surface area (Å²) < 4.78 is 2.01. The van der Waals surface area contributed by atoms with Crippen molar-refractivity contribution in [1.29, 1.82) is 0 Å². The molecular weight excluding hydrogens is 384 g/mol. The Kier molecular flexibility index (Phi) is 5.37. The molecule has 4 nitrogen and oxygen atoms in total. The molecule has 0 aliphatic rings. The van der Waals surface area contributed by atoms with Gasteiger partial charge in [0.05, 0.1) is 5.69 Å². The van der Waals surface area contributed by atoms with Gasteiger partial charge in [-0.2, -0.15) is 0 Å². The molecule has 0 unspecified atom stereocenters. The smallest absolute Gasteiger partial charge is 0.139 e. The van der Waals surface area contributed by atoms with Crippen LogP contribution >= 0.6 is 31.9 Å². The van der Waals surface area contributed by atoms with Crippen LogP contribution in [0.15, 0.2) is 33.5 Å². The lowest BCUT2D eigenvalue weighted by molar-refractivity contribution is 1.03. The van der Waals surface area contributed by atoms with E-state index in [1.54, 1.807) is 6.33 Å². The van der Waals surface area contributed by atoms with Crippen LogP contribution in [0, 0.1) is 0 Å². The number of hydrogen-bond acceptors (Lipinski definition) is 4. The quantitative estimate of drug-likeness (QED) is 0.762. The summed E-state index contributed by atoms with van der Waals surface area (Å²) >= 11 is 7.02. The van der Waals surface area contributed by atoms with Crippen LogP contribution in [0.2, 0.25) is 0 Å². The van der Waals surface area contributed by atoms with Gasteiger partial charge in [-0.25, -0.2) is 9.97 Å². The molecule has 0 radical (unpaired) electrons. The van der Waals surface area contributed by atoms with E-state index in [4.69, 9.17) is 0 Å². The highest BCUT2D eigenvalue weighted by Gasteiger charge is 2.10. The maximum Gasteiger partial charge on any atom is 0.139 e. The zero-order valence-electron chi connectivity index (χ0n) is 11.4. The second kappa shape index (κ2) is 7.04. The molecule has 2 rings (SSSR count). The predicted octanol–water partition coefficient (Wildman–Crippen LogP) is 4.74. The second-order valence-electron chi connectivity index (χ2n) is 4.18. The van der Waals surface area contributed by atoms with Crippen LogP contribution in [0.3, 0.4) is 0 Å². The van der Waals surface area contributed by atoms with E-state index in [1.807, 2.05) is 18.2 Å². The van der Waals surface area contributed by atoms with Crippen LogP contribution in [0.1, 0.15) is 19.4 Å². The van der Waals surface area contributed by atoms with Gasteiger partial charge in [-0.1, -0.05) is 22.9 Å². The van der Waals surface area contributed by atoms with Crippen LogP contribution in [0.5, 0.6) is 0 Å². The van der Waals surface area contributed by atoms with Gasteiger partial charge in [0.1, 0.15) is 18.0 Å². The summed E-state index contributed by atoms with van der Waals surface area (Å²) in [6.07, 6.45) is 2.43. The highest BCUT2D eigenvalue weighted by molar-refractivity contribution is 9.11. The fourth-order valence-electron chi connectivity index (χ4n) is 1.90. The topological polar surface area (TPSA) is 49.8 Å². The maximum absolute atomic E-state index is 4.36. The number of halogens is 2. The van der Waals surface area contributed by atoms with Crippen LogP contribution < -0.4 is 10.6 Å². The van der Waals surface area contributed by atoms with Gasteiger partial charge < -0.3 is 10.6 Å². The molecule has 6 heteroatoms. The lowest BCUT2D eigenvalue weighted by Crippen LogP contribution is -2.07. The van der Waals surface area contributed by atoms with Gasteiger partial charge in [-0.15, -0.1) is 0 Å². The number of aromatic nitrogens is 2. The molecule has 0 atom stereocenters. The molecule has 1 heterocycles. The predicted molar refractivity (Wildman–Crippen MR) is 90.7 cm³/mol. The van der Waals surface area contributed by atoms with Gasteiger partial charge in [-0.05, 0) is 47.5 Å².